The van der Waals surface area contributed by atoms with Gasteiger partial charge in [0.05, 0.1) is 29.5 Å². The van der Waals surface area contributed by atoms with Gasteiger partial charge in [-0.1, -0.05) is 51.7 Å². The molecule has 0 bridgehead atoms. The fraction of sp³-hybridized carbons (Fsp3) is 0.649. The van der Waals surface area contributed by atoms with Crippen LogP contribution in [0.2, 0.25) is 0 Å². The highest BCUT2D eigenvalue weighted by atomic mass is 32.2. The number of hydrogen-bond donors (Lipinski definition) is 8. The lowest BCUT2D eigenvalue weighted by atomic mass is 9.68. The van der Waals surface area contributed by atoms with Crippen molar-refractivity contribution in [2.24, 2.45) is 5.41 Å². The van der Waals surface area contributed by atoms with E-state index in [2.05, 4.69) is 24.5 Å². The quantitative estimate of drug-likeness (QED) is 0.0935. The van der Waals surface area contributed by atoms with E-state index in [1.54, 1.807) is 18.2 Å². The first-order chi connectivity index (χ1) is 23.7. The minimum absolute atomic E-state index is 0.0545. The minimum atomic E-state index is -3.74. The van der Waals surface area contributed by atoms with Gasteiger partial charge in [0.25, 0.3) is 0 Å². The van der Waals surface area contributed by atoms with Gasteiger partial charge in [0.2, 0.25) is 5.91 Å². The number of fused-ring (bicyclic) bond motifs is 1. The van der Waals surface area contributed by atoms with Crippen LogP contribution in [0.15, 0.2) is 47.4 Å². The van der Waals surface area contributed by atoms with E-state index in [9.17, 15) is 38.7 Å². The summed E-state index contributed by atoms with van der Waals surface area (Å²) in [5.41, 5.74) is 1.82. The monoisotopic (exact) mass is 721 g/mol. The number of carbonyl (C=O) groups is 1. The van der Waals surface area contributed by atoms with Gasteiger partial charge in [0.1, 0.15) is 18.3 Å². The third-order valence-electron chi connectivity index (χ3n) is 9.87. The summed E-state index contributed by atoms with van der Waals surface area (Å²) < 4.78 is 28.2. The van der Waals surface area contributed by atoms with Crippen LogP contribution in [0.1, 0.15) is 88.7 Å². The summed E-state index contributed by atoms with van der Waals surface area (Å²) >= 11 is 0. The van der Waals surface area contributed by atoms with Crippen LogP contribution >= 0.6 is 0 Å². The van der Waals surface area contributed by atoms with Gasteiger partial charge in [0, 0.05) is 49.8 Å². The summed E-state index contributed by atoms with van der Waals surface area (Å²) in [5.74, 6) is -0.968. The Morgan fingerprint density at radius 1 is 0.940 bits per heavy atom. The van der Waals surface area contributed by atoms with Gasteiger partial charge in [-0.3, -0.25) is 4.79 Å². The van der Waals surface area contributed by atoms with Crippen molar-refractivity contribution in [3.63, 3.8) is 0 Å². The Balaban J connectivity index is 1.78. The molecule has 1 heterocycles. The van der Waals surface area contributed by atoms with Gasteiger partial charge in [-0.2, -0.15) is 0 Å². The molecule has 0 unspecified atom stereocenters. The van der Waals surface area contributed by atoms with E-state index < -0.39 is 58.3 Å². The Morgan fingerprint density at radius 3 is 2.22 bits per heavy atom. The molecule has 0 aromatic heterocycles. The molecule has 2 aromatic carbocycles. The number of rotatable bonds is 20. The predicted molar refractivity (Wildman–Crippen MR) is 195 cm³/mol. The standard InChI is InChI=1S/C37H59N3O9S/c1-5-7-17-37(18-8-6-2)24-50(48,49)31-16-15-27(40(3)4)21-28(31)33(36(37)47)25-12-11-13-26(20-25)39-32(44)14-9-10-19-38-22-29(42)34(45)35(46)30(43)23-41/h11-13,15-16,20-21,29-30,33-36,38,41-43,45-47H,5-10,14,17-19,22-24H2,1-4H3,(H,39,44)/t29-,30+,33-,34+,35+,36-/m0/s1. The molecule has 12 nitrogen and oxygen atoms in total. The molecule has 0 saturated heterocycles. The highest BCUT2D eigenvalue weighted by Gasteiger charge is 2.49. The molecule has 3 rings (SSSR count). The second kappa shape index (κ2) is 19.3. The molecule has 1 amide bonds. The Bertz CT molecular complexity index is 1460. The molecule has 50 heavy (non-hydrogen) atoms. The number of aliphatic hydroxyl groups is 6. The largest absolute Gasteiger partial charge is 0.394 e. The van der Waals surface area contributed by atoms with Crippen LogP contribution in [0.4, 0.5) is 11.4 Å². The molecule has 1 aliphatic heterocycles. The number of aliphatic hydroxyl groups excluding tert-OH is 6. The van der Waals surface area contributed by atoms with Crippen LogP contribution in [-0.4, -0.2) is 115 Å². The van der Waals surface area contributed by atoms with Crippen molar-refractivity contribution in [3.8, 4) is 0 Å². The second-order valence-corrected chi connectivity index (χ2v) is 16.0. The summed E-state index contributed by atoms with van der Waals surface area (Å²) in [7, 11) is 0.0475. The predicted octanol–water partition coefficient (Wildman–Crippen LogP) is 2.53. The van der Waals surface area contributed by atoms with Gasteiger partial charge in [-0.25, -0.2) is 8.42 Å². The minimum Gasteiger partial charge on any atom is -0.394 e. The fourth-order valence-electron chi connectivity index (χ4n) is 6.89. The number of sulfone groups is 1. The number of nitrogens with zero attached hydrogens (tertiary/aromatic N) is 1. The van der Waals surface area contributed by atoms with E-state index in [1.165, 1.54) is 0 Å². The van der Waals surface area contributed by atoms with E-state index in [1.807, 2.05) is 43.3 Å². The lowest BCUT2D eigenvalue weighted by molar-refractivity contribution is -0.116. The third kappa shape index (κ3) is 10.7. The highest BCUT2D eigenvalue weighted by Crippen LogP contribution is 2.50. The molecular weight excluding hydrogens is 662 g/mol. The first-order valence-electron chi connectivity index (χ1n) is 17.9. The SMILES string of the molecule is CCCCC1(CCCC)CS(=O)(=O)c2ccc(N(C)C)cc2[C@H](c2cccc(NC(=O)CCCCNC[C@H](O)[C@@H](O)[C@H](O)[C@H](O)CO)c2)[C@@H]1O. The lowest BCUT2D eigenvalue weighted by Crippen LogP contribution is -2.49. The molecule has 0 radical (unpaired) electrons. The maximum Gasteiger partial charge on any atom is 0.224 e. The molecule has 6 atom stereocenters. The van der Waals surface area contributed by atoms with Crippen LogP contribution in [0, 0.1) is 5.41 Å². The third-order valence-corrected chi connectivity index (χ3v) is 11.9. The maximum atomic E-state index is 14.1. The molecule has 0 aliphatic carbocycles. The normalized spacial score (nSPS) is 20.6. The summed E-state index contributed by atoms with van der Waals surface area (Å²) in [6.45, 7) is 3.77. The van der Waals surface area contributed by atoms with Gasteiger partial charge in [-0.05, 0) is 73.7 Å². The van der Waals surface area contributed by atoms with E-state index in [0.717, 1.165) is 36.9 Å². The summed E-state index contributed by atoms with van der Waals surface area (Å²) in [6, 6.07) is 12.6. The Labute approximate surface area is 297 Å². The van der Waals surface area contributed by atoms with Crippen molar-refractivity contribution >= 4 is 27.1 Å². The summed E-state index contributed by atoms with van der Waals surface area (Å²) in [5, 5.41) is 66.4. The average Bonchev–Trinajstić information content (AvgIpc) is 3.16. The summed E-state index contributed by atoms with van der Waals surface area (Å²) in [4.78, 5) is 15.1. The molecule has 0 saturated carbocycles. The topological polar surface area (TPSA) is 200 Å². The van der Waals surface area contributed by atoms with Crippen LogP contribution in [0.3, 0.4) is 0 Å². The molecule has 13 heteroatoms. The van der Waals surface area contributed by atoms with Crippen LogP contribution in [0.5, 0.6) is 0 Å². The molecule has 282 valence electrons. The van der Waals surface area contributed by atoms with E-state index >= 15 is 0 Å². The van der Waals surface area contributed by atoms with Crippen molar-refractivity contribution < 1.29 is 43.9 Å². The Kier molecular flexibility index (Phi) is 16.1. The molecule has 0 spiro atoms. The van der Waals surface area contributed by atoms with Crippen molar-refractivity contribution in [1.29, 1.82) is 0 Å². The van der Waals surface area contributed by atoms with Crippen molar-refractivity contribution in [2.45, 2.75) is 113 Å². The number of amides is 1. The molecular formula is C37H59N3O9S. The van der Waals surface area contributed by atoms with Crippen LogP contribution < -0.4 is 15.5 Å². The van der Waals surface area contributed by atoms with Crippen molar-refractivity contribution in [2.75, 3.05) is 49.8 Å². The molecule has 0 fully saturated rings. The van der Waals surface area contributed by atoms with Gasteiger partial charge in [-0.15, -0.1) is 0 Å². The number of anilines is 2. The zero-order chi connectivity index (χ0) is 37.1. The van der Waals surface area contributed by atoms with Crippen molar-refractivity contribution in [1.82, 2.24) is 5.32 Å². The number of hydrogen-bond acceptors (Lipinski definition) is 11. The number of unbranched alkanes of at least 4 members (excludes halogenated alkanes) is 3. The smallest absolute Gasteiger partial charge is 0.224 e. The Morgan fingerprint density at radius 2 is 1.60 bits per heavy atom. The fourth-order valence-corrected chi connectivity index (χ4v) is 9.09. The van der Waals surface area contributed by atoms with Crippen LogP contribution in [-0.2, 0) is 14.6 Å². The molecule has 8 N–H and O–H groups in total. The van der Waals surface area contributed by atoms with E-state index in [0.29, 0.717) is 43.5 Å². The highest BCUT2D eigenvalue weighted by molar-refractivity contribution is 7.91. The van der Waals surface area contributed by atoms with Gasteiger partial charge < -0.3 is 46.2 Å². The van der Waals surface area contributed by atoms with Gasteiger partial charge in [0.15, 0.2) is 9.84 Å². The zero-order valence-corrected chi connectivity index (χ0v) is 30.8. The average molecular weight is 722 g/mol. The maximum absolute atomic E-state index is 14.1. The lowest BCUT2D eigenvalue weighted by Gasteiger charge is -2.40. The number of nitrogens with one attached hydrogen (secondary N) is 2. The van der Waals surface area contributed by atoms with Crippen LogP contribution in [0.25, 0.3) is 0 Å². The molecule has 2 aromatic rings. The zero-order valence-electron chi connectivity index (χ0n) is 30.0. The number of carbonyl (C=O) groups excluding carboxylic acids is 1. The van der Waals surface area contributed by atoms with E-state index in [-0.39, 0.29) is 29.5 Å². The molecule has 1 aliphatic rings. The number of benzene rings is 2. The first-order valence-corrected chi connectivity index (χ1v) is 19.5. The first kappa shape index (κ1) is 41.8. The Hall–Kier alpha value is -2.62. The van der Waals surface area contributed by atoms with E-state index in [4.69, 9.17) is 5.11 Å². The summed E-state index contributed by atoms with van der Waals surface area (Å²) in [6.07, 6.45) is -1.35. The van der Waals surface area contributed by atoms with Crippen molar-refractivity contribution in [3.05, 3.63) is 53.6 Å². The second-order valence-electron chi connectivity index (χ2n) is 14.0. The van der Waals surface area contributed by atoms with Gasteiger partial charge >= 0.3 is 0 Å².